The molecule has 1 fully saturated rings. The molecule has 0 aromatic heterocycles. The number of nitrogens with one attached hydrogen (secondary N) is 1. The van der Waals surface area contributed by atoms with Gasteiger partial charge in [-0.2, -0.15) is 0 Å². The summed E-state index contributed by atoms with van der Waals surface area (Å²) in [5.74, 6) is 0. The molecule has 1 heterocycles. The SMILES string of the molecule is CC(C)(C)CC[C@@H]1CNCCO1. The maximum absolute atomic E-state index is 5.61. The normalized spacial score (nSPS) is 25.8. The number of rotatable bonds is 2. The molecular weight excluding hydrogens is 150 g/mol. The maximum Gasteiger partial charge on any atom is 0.0700 e. The van der Waals surface area contributed by atoms with Gasteiger partial charge in [0.1, 0.15) is 0 Å². The Balaban J connectivity index is 2.13. The van der Waals surface area contributed by atoms with Crippen LogP contribution in [0.1, 0.15) is 33.6 Å². The van der Waals surface area contributed by atoms with Crippen molar-refractivity contribution in [3.05, 3.63) is 0 Å². The molecule has 1 atom stereocenters. The van der Waals surface area contributed by atoms with Gasteiger partial charge in [-0.15, -0.1) is 0 Å². The lowest BCUT2D eigenvalue weighted by atomic mass is 9.89. The Morgan fingerprint density at radius 3 is 2.67 bits per heavy atom. The lowest BCUT2D eigenvalue weighted by Gasteiger charge is -2.26. The second kappa shape index (κ2) is 4.24. The van der Waals surface area contributed by atoms with Crippen molar-refractivity contribution in [2.24, 2.45) is 5.41 Å². The van der Waals surface area contributed by atoms with Crippen molar-refractivity contribution in [2.45, 2.75) is 39.7 Å². The van der Waals surface area contributed by atoms with E-state index in [1.54, 1.807) is 0 Å². The summed E-state index contributed by atoms with van der Waals surface area (Å²) in [5.41, 5.74) is 0.445. The van der Waals surface area contributed by atoms with Crippen LogP contribution >= 0.6 is 0 Å². The standard InChI is InChI=1S/C10H21NO/c1-10(2,3)5-4-9-8-11-6-7-12-9/h9,11H,4-8H2,1-3H3/t9-/m1/s1. The molecule has 1 rings (SSSR count). The van der Waals surface area contributed by atoms with Gasteiger partial charge >= 0.3 is 0 Å². The molecule has 1 aliphatic heterocycles. The summed E-state index contributed by atoms with van der Waals surface area (Å²) in [6.07, 6.45) is 2.90. The van der Waals surface area contributed by atoms with Gasteiger partial charge in [-0.25, -0.2) is 0 Å². The maximum atomic E-state index is 5.61. The van der Waals surface area contributed by atoms with Crippen molar-refractivity contribution < 1.29 is 4.74 Å². The fourth-order valence-electron chi connectivity index (χ4n) is 1.40. The van der Waals surface area contributed by atoms with Crippen molar-refractivity contribution in [1.29, 1.82) is 0 Å². The quantitative estimate of drug-likeness (QED) is 0.684. The smallest absolute Gasteiger partial charge is 0.0700 e. The monoisotopic (exact) mass is 171 g/mol. The molecule has 72 valence electrons. The Kier molecular flexibility index (Phi) is 3.53. The number of hydrogen-bond acceptors (Lipinski definition) is 2. The van der Waals surface area contributed by atoms with Gasteiger partial charge in [-0.1, -0.05) is 20.8 Å². The minimum absolute atomic E-state index is 0.445. The molecule has 1 N–H and O–H groups in total. The first kappa shape index (κ1) is 10.0. The zero-order chi connectivity index (χ0) is 9.03. The minimum atomic E-state index is 0.445. The van der Waals surface area contributed by atoms with Gasteiger partial charge in [0.2, 0.25) is 0 Å². The van der Waals surface area contributed by atoms with E-state index < -0.39 is 0 Å². The van der Waals surface area contributed by atoms with Crippen LogP contribution < -0.4 is 5.32 Å². The summed E-state index contributed by atoms with van der Waals surface area (Å²) in [6.45, 7) is 9.78. The van der Waals surface area contributed by atoms with E-state index in [0.29, 0.717) is 11.5 Å². The van der Waals surface area contributed by atoms with Gasteiger partial charge in [0.05, 0.1) is 12.7 Å². The average molecular weight is 171 g/mol. The van der Waals surface area contributed by atoms with Gasteiger partial charge < -0.3 is 10.1 Å². The highest BCUT2D eigenvalue weighted by atomic mass is 16.5. The number of morpholine rings is 1. The van der Waals surface area contributed by atoms with Crippen molar-refractivity contribution in [2.75, 3.05) is 19.7 Å². The van der Waals surface area contributed by atoms with Crippen LogP contribution in [0.4, 0.5) is 0 Å². The fraction of sp³-hybridized carbons (Fsp3) is 1.00. The molecule has 1 saturated heterocycles. The number of ether oxygens (including phenoxy) is 1. The summed E-state index contributed by atoms with van der Waals surface area (Å²) in [6, 6.07) is 0. The first-order chi connectivity index (χ1) is 5.58. The zero-order valence-corrected chi connectivity index (χ0v) is 8.52. The fourth-order valence-corrected chi connectivity index (χ4v) is 1.40. The second-order valence-electron chi connectivity index (χ2n) is 4.80. The summed E-state index contributed by atoms with van der Waals surface area (Å²) in [4.78, 5) is 0. The Morgan fingerprint density at radius 1 is 1.42 bits per heavy atom. The zero-order valence-electron chi connectivity index (χ0n) is 8.52. The highest BCUT2D eigenvalue weighted by molar-refractivity contribution is 4.71. The van der Waals surface area contributed by atoms with Crippen molar-refractivity contribution in [3.8, 4) is 0 Å². The predicted octanol–water partition coefficient (Wildman–Crippen LogP) is 1.80. The predicted molar refractivity (Wildman–Crippen MR) is 51.3 cm³/mol. The lowest BCUT2D eigenvalue weighted by Crippen LogP contribution is -2.38. The van der Waals surface area contributed by atoms with Crippen molar-refractivity contribution in [1.82, 2.24) is 5.32 Å². The lowest BCUT2D eigenvalue weighted by molar-refractivity contribution is 0.0172. The molecule has 0 radical (unpaired) electrons. The molecule has 1 aliphatic rings. The Bertz CT molecular complexity index is 122. The van der Waals surface area contributed by atoms with E-state index >= 15 is 0 Å². The Labute approximate surface area is 75.7 Å². The molecule has 0 bridgehead atoms. The summed E-state index contributed by atoms with van der Waals surface area (Å²) in [7, 11) is 0. The summed E-state index contributed by atoms with van der Waals surface area (Å²) >= 11 is 0. The molecule has 0 aromatic carbocycles. The Morgan fingerprint density at radius 2 is 2.17 bits per heavy atom. The molecule has 2 nitrogen and oxygen atoms in total. The number of hydrogen-bond donors (Lipinski definition) is 1. The molecule has 0 amide bonds. The largest absolute Gasteiger partial charge is 0.376 e. The summed E-state index contributed by atoms with van der Waals surface area (Å²) in [5, 5.41) is 3.35. The van der Waals surface area contributed by atoms with E-state index in [4.69, 9.17) is 4.74 Å². The van der Waals surface area contributed by atoms with Crippen molar-refractivity contribution in [3.63, 3.8) is 0 Å². The molecule has 12 heavy (non-hydrogen) atoms. The van der Waals surface area contributed by atoms with Gasteiger partial charge in [0, 0.05) is 13.1 Å². The van der Waals surface area contributed by atoms with Crippen LogP contribution in [0.25, 0.3) is 0 Å². The van der Waals surface area contributed by atoms with Crippen molar-refractivity contribution >= 4 is 0 Å². The molecule has 2 heteroatoms. The van der Waals surface area contributed by atoms with Crippen LogP contribution in [0.5, 0.6) is 0 Å². The van der Waals surface area contributed by atoms with Gasteiger partial charge in [-0.3, -0.25) is 0 Å². The van der Waals surface area contributed by atoms with Gasteiger partial charge in [0.25, 0.3) is 0 Å². The second-order valence-corrected chi connectivity index (χ2v) is 4.80. The van der Waals surface area contributed by atoms with Gasteiger partial charge in [-0.05, 0) is 18.3 Å². The molecule has 0 spiro atoms. The van der Waals surface area contributed by atoms with Crippen LogP contribution in [0.3, 0.4) is 0 Å². The van der Waals surface area contributed by atoms with E-state index in [0.717, 1.165) is 19.7 Å². The highest BCUT2D eigenvalue weighted by Gasteiger charge is 2.17. The molecule has 0 saturated carbocycles. The highest BCUT2D eigenvalue weighted by Crippen LogP contribution is 2.22. The molecule has 0 aromatic rings. The van der Waals surface area contributed by atoms with E-state index in [1.807, 2.05) is 0 Å². The van der Waals surface area contributed by atoms with Crippen LogP contribution in [0.15, 0.2) is 0 Å². The average Bonchev–Trinajstić information content (AvgIpc) is 2.02. The van der Waals surface area contributed by atoms with E-state index in [2.05, 4.69) is 26.1 Å². The van der Waals surface area contributed by atoms with Crippen LogP contribution in [-0.2, 0) is 4.74 Å². The van der Waals surface area contributed by atoms with Crippen LogP contribution in [0, 0.1) is 5.41 Å². The Hall–Kier alpha value is -0.0800. The third kappa shape index (κ3) is 4.07. The minimum Gasteiger partial charge on any atom is -0.376 e. The van der Waals surface area contributed by atoms with E-state index in [-0.39, 0.29) is 0 Å². The van der Waals surface area contributed by atoms with Crippen LogP contribution in [0.2, 0.25) is 0 Å². The van der Waals surface area contributed by atoms with Crippen LogP contribution in [-0.4, -0.2) is 25.8 Å². The van der Waals surface area contributed by atoms with Gasteiger partial charge in [0.15, 0.2) is 0 Å². The first-order valence-corrected chi connectivity index (χ1v) is 4.90. The molecule has 0 unspecified atom stereocenters. The third-order valence-electron chi connectivity index (χ3n) is 2.22. The first-order valence-electron chi connectivity index (χ1n) is 4.90. The summed E-state index contributed by atoms with van der Waals surface area (Å²) < 4.78 is 5.61. The van der Waals surface area contributed by atoms with E-state index in [1.165, 1.54) is 12.8 Å². The third-order valence-corrected chi connectivity index (χ3v) is 2.22. The topological polar surface area (TPSA) is 21.3 Å². The van der Waals surface area contributed by atoms with E-state index in [9.17, 15) is 0 Å². The molecule has 0 aliphatic carbocycles. The molecular formula is C10H21NO.